The average Bonchev–Trinajstić information content (AvgIpc) is 2.02. The Labute approximate surface area is 76.8 Å². The number of H-pyrrole nitrogens is 1. The van der Waals surface area contributed by atoms with Crippen LogP contribution < -0.4 is 5.43 Å². The molecule has 0 radical (unpaired) electrons. The highest BCUT2D eigenvalue weighted by molar-refractivity contribution is 5.16. The van der Waals surface area contributed by atoms with Crippen LogP contribution in [0.25, 0.3) is 0 Å². The largest absolute Gasteiger partial charge is 0.431 e. The Morgan fingerprint density at radius 3 is 2.57 bits per heavy atom. The van der Waals surface area contributed by atoms with Gasteiger partial charge in [-0.15, -0.1) is 0 Å². The summed E-state index contributed by atoms with van der Waals surface area (Å²) in [7, 11) is 0. The Bertz CT molecular complexity index is 427. The minimum atomic E-state index is -4.59. The first kappa shape index (κ1) is 10.3. The second kappa shape index (κ2) is 3.54. The number of hydrogen-bond acceptors (Lipinski definition) is 2. The molecule has 1 heterocycles. The summed E-state index contributed by atoms with van der Waals surface area (Å²) in [5, 5.41) is 8.25. The van der Waals surface area contributed by atoms with Gasteiger partial charge in [-0.2, -0.15) is 18.4 Å². The normalized spacial score (nSPS) is 11.0. The molecular formula is C8H5F3N2O. The predicted molar refractivity (Wildman–Crippen MR) is 41.4 cm³/mol. The quantitative estimate of drug-likeness (QED) is 0.749. The van der Waals surface area contributed by atoms with Gasteiger partial charge in [0.25, 0.3) is 0 Å². The molecule has 1 aromatic rings. The fraction of sp³-hybridized carbons (Fsp3) is 0.250. The van der Waals surface area contributed by atoms with Gasteiger partial charge in [-0.3, -0.25) is 4.79 Å². The van der Waals surface area contributed by atoms with Crippen molar-refractivity contribution in [2.45, 2.75) is 12.6 Å². The molecular weight excluding hydrogens is 197 g/mol. The summed E-state index contributed by atoms with van der Waals surface area (Å²) in [5.41, 5.74) is -1.93. The van der Waals surface area contributed by atoms with E-state index in [0.717, 1.165) is 6.07 Å². The summed E-state index contributed by atoms with van der Waals surface area (Å²) in [4.78, 5) is 12.8. The lowest BCUT2D eigenvalue weighted by Gasteiger charge is -2.06. The molecule has 0 aromatic carbocycles. The van der Waals surface area contributed by atoms with Crippen molar-refractivity contribution in [2.24, 2.45) is 0 Å². The van der Waals surface area contributed by atoms with Gasteiger partial charge in [-0.1, -0.05) is 0 Å². The van der Waals surface area contributed by atoms with E-state index >= 15 is 0 Å². The number of nitriles is 1. The summed E-state index contributed by atoms with van der Waals surface area (Å²) in [5.74, 6) is 0. The molecule has 0 spiro atoms. The van der Waals surface area contributed by atoms with E-state index in [1.54, 1.807) is 6.07 Å². The third kappa shape index (κ3) is 2.36. The van der Waals surface area contributed by atoms with Crippen molar-refractivity contribution in [1.82, 2.24) is 4.98 Å². The van der Waals surface area contributed by atoms with Crippen LogP contribution in [-0.2, 0) is 12.6 Å². The summed E-state index contributed by atoms with van der Waals surface area (Å²) in [6.07, 6.45) is -4.84. The lowest BCUT2D eigenvalue weighted by atomic mass is 10.2. The van der Waals surface area contributed by atoms with E-state index in [-0.39, 0.29) is 12.1 Å². The first-order valence-corrected chi connectivity index (χ1v) is 3.61. The molecule has 1 aromatic heterocycles. The van der Waals surface area contributed by atoms with E-state index in [1.165, 1.54) is 0 Å². The van der Waals surface area contributed by atoms with Crippen molar-refractivity contribution >= 4 is 0 Å². The Morgan fingerprint density at radius 2 is 2.07 bits per heavy atom. The number of rotatable bonds is 1. The molecule has 3 nitrogen and oxygen atoms in total. The van der Waals surface area contributed by atoms with Gasteiger partial charge in [0.05, 0.1) is 12.5 Å². The molecule has 0 bridgehead atoms. The van der Waals surface area contributed by atoms with Crippen LogP contribution >= 0.6 is 0 Å². The first-order chi connectivity index (χ1) is 6.43. The number of aromatic amines is 1. The van der Waals surface area contributed by atoms with Crippen LogP contribution in [0.5, 0.6) is 0 Å². The van der Waals surface area contributed by atoms with Crippen LogP contribution in [0.1, 0.15) is 11.4 Å². The summed E-state index contributed by atoms with van der Waals surface area (Å²) in [6.45, 7) is 0. The predicted octanol–water partition coefficient (Wildman–Crippen LogP) is 1.46. The van der Waals surface area contributed by atoms with Crippen molar-refractivity contribution < 1.29 is 13.2 Å². The van der Waals surface area contributed by atoms with E-state index < -0.39 is 17.3 Å². The lowest BCUT2D eigenvalue weighted by Crippen LogP contribution is -2.14. The topological polar surface area (TPSA) is 56.6 Å². The molecule has 1 N–H and O–H groups in total. The number of nitrogens with one attached hydrogen (secondary N) is 1. The van der Waals surface area contributed by atoms with E-state index in [1.807, 2.05) is 4.98 Å². The number of pyridine rings is 1. The number of hydrogen-bond donors (Lipinski definition) is 1. The van der Waals surface area contributed by atoms with Gasteiger partial charge in [-0.25, -0.2) is 0 Å². The minimum absolute atomic E-state index is 0.0349. The van der Waals surface area contributed by atoms with E-state index in [4.69, 9.17) is 5.26 Å². The monoisotopic (exact) mass is 202 g/mol. The zero-order chi connectivity index (χ0) is 10.8. The average molecular weight is 202 g/mol. The minimum Gasteiger partial charge on any atom is -0.354 e. The number of aromatic nitrogens is 1. The van der Waals surface area contributed by atoms with Gasteiger partial charge in [0, 0.05) is 17.8 Å². The summed E-state index contributed by atoms with van der Waals surface area (Å²) < 4.78 is 36.4. The molecule has 1 rings (SSSR count). The van der Waals surface area contributed by atoms with E-state index in [2.05, 4.69) is 0 Å². The van der Waals surface area contributed by atoms with E-state index in [0.29, 0.717) is 6.07 Å². The number of halogens is 3. The molecule has 0 saturated heterocycles. The SMILES string of the molecule is N#CCc1cc(=O)cc(C(F)(F)F)[nH]1. The van der Waals surface area contributed by atoms with Gasteiger partial charge < -0.3 is 4.98 Å². The zero-order valence-electron chi connectivity index (χ0n) is 6.85. The second-order valence-electron chi connectivity index (χ2n) is 2.59. The molecule has 6 heteroatoms. The Balaban J connectivity index is 3.22. The molecule has 0 saturated carbocycles. The van der Waals surface area contributed by atoms with Crippen LogP contribution in [0.15, 0.2) is 16.9 Å². The maximum Gasteiger partial charge on any atom is 0.431 e. The number of alkyl halides is 3. The van der Waals surface area contributed by atoms with Crippen LogP contribution in [0.4, 0.5) is 13.2 Å². The van der Waals surface area contributed by atoms with Crippen molar-refractivity contribution in [1.29, 1.82) is 5.26 Å². The fourth-order valence-corrected chi connectivity index (χ4v) is 0.934. The molecule has 14 heavy (non-hydrogen) atoms. The molecule has 0 unspecified atom stereocenters. The van der Waals surface area contributed by atoms with Crippen LogP contribution in [-0.4, -0.2) is 4.98 Å². The molecule has 0 amide bonds. The molecule has 0 aliphatic heterocycles. The summed E-state index contributed by atoms with van der Waals surface area (Å²) >= 11 is 0. The van der Waals surface area contributed by atoms with Crippen molar-refractivity contribution in [2.75, 3.05) is 0 Å². The third-order valence-electron chi connectivity index (χ3n) is 1.47. The van der Waals surface area contributed by atoms with Crippen molar-refractivity contribution in [3.8, 4) is 6.07 Å². The maximum atomic E-state index is 12.1. The Morgan fingerprint density at radius 1 is 1.43 bits per heavy atom. The molecule has 0 aliphatic rings. The van der Waals surface area contributed by atoms with Crippen LogP contribution in [0, 0.1) is 11.3 Å². The standard InChI is InChI=1S/C8H5F3N2O/c9-8(10,11)7-4-6(14)3-5(13-7)1-2-12/h3-4H,1H2,(H,13,14). The molecule has 0 atom stereocenters. The highest BCUT2D eigenvalue weighted by atomic mass is 19.4. The van der Waals surface area contributed by atoms with Gasteiger partial charge in [0.2, 0.25) is 0 Å². The third-order valence-corrected chi connectivity index (χ3v) is 1.47. The zero-order valence-corrected chi connectivity index (χ0v) is 6.85. The molecule has 0 fully saturated rings. The Kier molecular flexibility index (Phi) is 2.60. The summed E-state index contributed by atoms with van der Waals surface area (Å²) in [6, 6.07) is 3.08. The van der Waals surface area contributed by atoms with Gasteiger partial charge in [0.1, 0.15) is 5.69 Å². The smallest absolute Gasteiger partial charge is 0.354 e. The van der Waals surface area contributed by atoms with Gasteiger partial charge in [0.15, 0.2) is 5.43 Å². The molecule has 74 valence electrons. The highest BCUT2D eigenvalue weighted by Gasteiger charge is 2.32. The van der Waals surface area contributed by atoms with Crippen LogP contribution in [0.3, 0.4) is 0 Å². The first-order valence-electron chi connectivity index (χ1n) is 3.61. The van der Waals surface area contributed by atoms with Crippen LogP contribution in [0.2, 0.25) is 0 Å². The van der Waals surface area contributed by atoms with Crippen molar-refractivity contribution in [3.63, 3.8) is 0 Å². The lowest BCUT2D eigenvalue weighted by molar-refractivity contribution is -0.141. The van der Waals surface area contributed by atoms with E-state index in [9.17, 15) is 18.0 Å². The second-order valence-corrected chi connectivity index (χ2v) is 2.59. The number of nitrogens with zero attached hydrogens (tertiary/aromatic N) is 1. The van der Waals surface area contributed by atoms with Crippen molar-refractivity contribution in [3.05, 3.63) is 33.7 Å². The maximum absolute atomic E-state index is 12.1. The Hall–Kier alpha value is -1.77. The highest BCUT2D eigenvalue weighted by Crippen LogP contribution is 2.26. The van der Waals surface area contributed by atoms with Gasteiger partial charge in [-0.05, 0) is 0 Å². The van der Waals surface area contributed by atoms with Gasteiger partial charge >= 0.3 is 6.18 Å². The molecule has 0 aliphatic carbocycles. The fourth-order valence-electron chi connectivity index (χ4n) is 0.934.